The highest BCUT2D eigenvalue weighted by atomic mass is 16.5. The molecule has 0 N–H and O–H groups in total. The van der Waals surface area contributed by atoms with Crippen molar-refractivity contribution in [3.63, 3.8) is 0 Å². The fraction of sp³-hybridized carbons (Fsp3) is 0.267. The van der Waals surface area contributed by atoms with Crippen LogP contribution in [0.2, 0.25) is 0 Å². The first kappa shape index (κ1) is 13.0. The van der Waals surface area contributed by atoms with E-state index in [0.29, 0.717) is 11.5 Å². The minimum absolute atomic E-state index is 0.271. The van der Waals surface area contributed by atoms with Crippen LogP contribution in [-0.4, -0.2) is 21.3 Å². The number of hydrogen-bond acceptors (Lipinski definition) is 4. The Balaban J connectivity index is 2.87. The molecule has 4 heteroatoms. The summed E-state index contributed by atoms with van der Waals surface area (Å²) in [6.07, 6.45) is 0.271. The molecule has 0 saturated carbocycles. The monoisotopic (exact) mass is 257 g/mol. The average Bonchev–Trinajstić information content (AvgIpc) is 2.45. The molecule has 0 atom stereocenters. The molecule has 0 aliphatic heterocycles. The number of ether oxygens (including phenoxy) is 3. The quantitative estimate of drug-likeness (QED) is 0.845. The van der Waals surface area contributed by atoms with Crippen LogP contribution in [0.1, 0.15) is 5.56 Å². The maximum Gasteiger partial charge on any atom is 0.131 e. The summed E-state index contributed by atoms with van der Waals surface area (Å²) in [6.45, 7) is 0. The molecule has 2 aromatic carbocycles. The molecule has 0 bridgehead atoms. The van der Waals surface area contributed by atoms with Crippen LogP contribution in [0.5, 0.6) is 17.2 Å². The van der Waals surface area contributed by atoms with Crippen LogP contribution in [-0.2, 0) is 6.42 Å². The Bertz CT molecular complexity index is 644. The zero-order valence-electron chi connectivity index (χ0n) is 11.2. The summed E-state index contributed by atoms with van der Waals surface area (Å²) >= 11 is 0. The molecule has 0 aliphatic carbocycles. The second-order valence-corrected chi connectivity index (χ2v) is 3.99. The molecule has 0 aromatic heterocycles. The second kappa shape index (κ2) is 5.49. The molecule has 0 amide bonds. The van der Waals surface area contributed by atoms with Gasteiger partial charge in [0.15, 0.2) is 0 Å². The topological polar surface area (TPSA) is 51.5 Å². The molecular formula is C15H15NO3. The van der Waals surface area contributed by atoms with Crippen molar-refractivity contribution in [2.75, 3.05) is 21.3 Å². The smallest absolute Gasteiger partial charge is 0.131 e. The number of fused-ring (bicyclic) bond motifs is 1. The molecule has 2 rings (SSSR count). The molecule has 19 heavy (non-hydrogen) atoms. The molecule has 0 fully saturated rings. The van der Waals surface area contributed by atoms with Crippen molar-refractivity contribution in [3.05, 3.63) is 29.8 Å². The lowest BCUT2D eigenvalue weighted by atomic mass is 10.0. The Hall–Kier alpha value is -2.41. The molecule has 98 valence electrons. The Morgan fingerprint density at radius 3 is 2.37 bits per heavy atom. The van der Waals surface area contributed by atoms with Crippen molar-refractivity contribution in [1.29, 1.82) is 5.26 Å². The first-order valence-electron chi connectivity index (χ1n) is 5.84. The Kier molecular flexibility index (Phi) is 3.76. The lowest BCUT2D eigenvalue weighted by molar-refractivity contribution is 0.398. The van der Waals surface area contributed by atoms with Crippen LogP contribution in [0.4, 0.5) is 0 Å². The van der Waals surface area contributed by atoms with Gasteiger partial charge in [-0.2, -0.15) is 5.26 Å². The largest absolute Gasteiger partial charge is 0.496 e. The van der Waals surface area contributed by atoms with E-state index in [-0.39, 0.29) is 6.42 Å². The zero-order chi connectivity index (χ0) is 13.8. The van der Waals surface area contributed by atoms with Crippen LogP contribution in [0.25, 0.3) is 10.8 Å². The highest BCUT2D eigenvalue weighted by Crippen LogP contribution is 2.41. The molecular weight excluding hydrogens is 242 g/mol. The van der Waals surface area contributed by atoms with Crippen molar-refractivity contribution in [1.82, 2.24) is 0 Å². The van der Waals surface area contributed by atoms with E-state index < -0.39 is 0 Å². The van der Waals surface area contributed by atoms with Crippen molar-refractivity contribution in [3.8, 4) is 23.3 Å². The summed E-state index contributed by atoms with van der Waals surface area (Å²) in [6, 6.07) is 9.65. The van der Waals surface area contributed by atoms with Crippen LogP contribution >= 0.6 is 0 Å². The summed E-state index contributed by atoms with van der Waals surface area (Å²) in [5.74, 6) is 2.09. The van der Waals surface area contributed by atoms with Gasteiger partial charge in [0.25, 0.3) is 0 Å². The van der Waals surface area contributed by atoms with Crippen LogP contribution < -0.4 is 14.2 Å². The molecule has 0 spiro atoms. The first-order chi connectivity index (χ1) is 9.26. The maximum atomic E-state index is 8.91. The summed E-state index contributed by atoms with van der Waals surface area (Å²) in [7, 11) is 4.81. The van der Waals surface area contributed by atoms with Gasteiger partial charge in [0.2, 0.25) is 0 Å². The van der Waals surface area contributed by atoms with Crippen molar-refractivity contribution in [2.45, 2.75) is 6.42 Å². The number of benzene rings is 2. The van der Waals surface area contributed by atoms with Gasteiger partial charge in [-0.15, -0.1) is 0 Å². The van der Waals surface area contributed by atoms with E-state index in [0.717, 1.165) is 22.1 Å². The van der Waals surface area contributed by atoms with E-state index in [1.54, 1.807) is 21.3 Å². The van der Waals surface area contributed by atoms with Gasteiger partial charge in [-0.25, -0.2) is 0 Å². The molecule has 0 saturated heterocycles. The van der Waals surface area contributed by atoms with E-state index >= 15 is 0 Å². The fourth-order valence-electron chi connectivity index (χ4n) is 2.23. The summed E-state index contributed by atoms with van der Waals surface area (Å²) < 4.78 is 16.2. The Labute approximate surface area is 112 Å². The third-order valence-corrected chi connectivity index (χ3v) is 3.03. The number of rotatable bonds is 4. The van der Waals surface area contributed by atoms with Crippen molar-refractivity contribution < 1.29 is 14.2 Å². The van der Waals surface area contributed by atoms with E-state index in [1.807, 2.05) is 24.3 Å². The number of hydrogen-bond donors (Lipinski definition) is 0. The SMILES string of the molecule is COc1c(CC#N)cc(OC)c2c(OC)cccc12. The highest BCUT2D eigenvalue weighted by molar-refractivity contribution is 5.99. The van der Waals surface area contributed by atoms with Gasteiger partial charge in [-0.05, 0) is 12.1 Å². The van der Waals surface area contributed by atoms with Gasteiger partial charge in [-0.3, -0.25) is 0 Å². The molecule has 0 unspecified atom stereocenters. The number of nitrogens with zero attached hydrogens (tertiary/aromatic N) is 1. The summed E-state index contributed by atoms with van der Waals surface area (Å²) in [5, 5.41) is 10.6. The zero-order valence-corrected chi connectivity index (χ0v) is 11.2. The average molecular weight is 257 g/mol. The van der Waals surface area contributed by atoms with Crippen molar-refractivity contribution >= 4 is 10.8 Å². The van der Waals surface area contributed by atoms with Gasteiger partial charge < -0.3 is 14.2 Å². The normalized spacial score (nSPS) is 10.0. The molecule has 4 nitrogen and oxygen atoms in total. The van der Waals surface area contributed by atoms with E-state index in [2.05, 4.69) is 6.07 Å². The van der Waals surface area contributed by atoms with Crippen LogP contribution in [0.15, 0.2) is 24.3 Å². The lowest BCUT2D eigenvalue weighted by Crippen LogP contribution is -1.97. The van der Waals surface area contributed by atoms with Crippen LogP contribution in [0, 0.1) is 11.3 Å². The van der Waals surface area contributed by atoms with Gasteiger partial charge in [0.1, 0.15) is 17.2 Å². The minimum atomic E-state index is 0.271. The minimum Gasteiger partial charge on any atom is -0.496 e. The van der Waals surface area contributed by atoms with Gasteiger partial charge >= 0.3 is 0 Å². The second-order valence-electron chi connectivity index (χ2n) is 3.99. The van der Waals surface area contributed by atoms with Crippen molar-refractivity contribution in [2.24, 2.45) is 0 Å². The summed E-state index contributed by atoms with van der Waals surface area (Å²) in [4.78, 5) is 0. The molecule has 2 aromatic rings. The van der Waals surface area contributed by atoms with E-state index in [4.69, 9.17) is 19.5 Å². The maximum absolute atomic E-state index is 8.91. The van der Waals surface area contributed by atoms with Crippen LogP contribution in [0.3, 0.4) is 0 Å². The molecule has 0 heterocycles. The Morgan fingerprint density at radius 2 is 1.79 bits per heavy atom. The summed E-state index contributed by atoms with van der Waals surface area (Å²) in [5.41, 5.74) is 0.808. The fourth-order valence-corrected chi connectivity index (χ4v) is 2.23. The number of methoxy groups -OCH3 is 3. The number of nitriles is 1. The predicted molar refractivity (Wildman–Crippen MR) is 72.9 cm³/mol. The predicted octanol–water partition coefficient (Wildman–Crippen LogP) is 2.93. The van der Waals surface area contributed by atoms with Gasteiger partial charge in [0.05, 0.1) is 39.2 Å². The highest BCUT2D eigenvalue weighted by Gasteiger charge is 2.16. The third kappa shape index (κ3) is 2.15. The third-order valence-electron chi connectivity index (χ3n) is 3.03. The van der Waals surface area contributed by atoms with Gasteiger partial charge in [0, 0.05) is 10.9 Å². The van der Waals surface area contributed by atoms with Gasteiger partial charge in [-0.1, -0.05) is 12.1 Å². The van der Waals surface area contributed by atoms with E-state index in [1.165, 1.54) is 0 Å². The first-order valence-corrected chi connectivity index (χ1v) is 5.84. The lowest BCUT2D eigenvalue weighted by Gasteiger charge is -2.15. The standard InChI is InChI=1S/C15H15NO3/c1-17-12-6-4-5-11-14(12)13(18-2)9-10(7-8-16)15(11)19-3/h4-6,9H,7H2,1-3H3. The molecule has 0 radical (unpaired) electrons. The molecule has 0 aliphatic rings. The Morgan fingerprint density at radius 1 is 1.05 bits per heavy atom. The van der Waals surface area contributed by atoms with E-state index in [9.17, 15) is 0 Å².